The van der Waals surface area contributed by atoms with Crippen molar-refractivity contribution >= 4 is 34.2 Å². The Kier molecular flexibility index (Phi) is 5.21. The Morgan fingerprint density at radius 1 is 0.938 bits per heavy atom. The number of aryl methyl sites for hydroxylation is 2. The van der Waals surface area contributed by atoms with Gasteiger partial charge in [-0.2, -0.15) is 10.1 Å². The number of aromatic amines is 1. The molecule has 0 aliphatic carbocycles. The lowest BCUT2D eigenvalue weighted by atomic mass is 10.2. The third-order valence-electron chi connectivity index (χ3n) is 5.15. The van der Waals surface area contributed by atoms with Crippen LogP contribution >= 0.6 is 0 Å². The topological polar surface area (TPSA) is 88.1 Å². The number of fused-ring (bicyclic) bond motifs is 3. The number of hydrogen-bond acceptors (Lipinski definition) is 6. The summed E-state index contributed by atoms with van der Waals surface area (Å²) in [5, 5.41) is 13.7. The summed E-state index contributed by atoms with van der Waals surface area (Å²) in [4.78, 5) is 7.74. The average molecular weight is 422 g/mol. The predicted molar refractivity (Wildman–Crippen MR) is 127 cm³/mol. The first-order valence-electron chi connectivity index (χ1n) is 10.3. The van der Waals surface area contributed by atoms with E-state index in [0.29, 0.717) is 18.2 Å². The molecule has 0 saturated heterocycles. The maximum absolute atomic E-state index is 5.84. The van der Waals surface area contributed by atoms with Crippen molar-refractivity contribution in [3.8, 4) is 5.75 Å². The monoisotopic (exact) mass is 422 g/mol. The number of nitrogens with one attached hydrogen (secondary N) is 2. The van der Waals surface area contributed by atoms with E-state index >= 15 is 0 Å². The van der Waals surface area contributed by atoms with Crippen LogP contribution in [0, 0.1) is 13.8 Å². The SMILES string of the molecule is Cc1ccc(COc2ccc(/C=N/Nc3nnc4c(n3)[nH]c3ccc(C)cc34)cc2)cc1. The van der Waals surface area contributed by atoms with Gasteiger partial charge in [-0.25, -0.2) is 5.43 Å². The number of hydrogen-bond donors (Lipinski definition) is 2. The van der Waals surface area contributed by atoms with E-state index in [0.717, 1.165) is 33.3 Å². The number of hydrazone groups is 1. The highest BCUT2D eigenvalue weighted by Gasteiger charge is 2.08. The van der Waals surface area contributed by atoms with E-state index in [1.807, 2.05) is 43.3 Å². The molecule has 0 aliphatic rings. The van der Waals surface area contributed by atoms with Crippen LogP contribution in [0.2, 0.25) is 0 Å². The smallest absolute Gasteiger partial charge is 0.265 e. The highest BCUT2D eigenvalue weighted by atomic mass is 16.5. The van der Waals surface area contributed by atoms with Crippen molar-refractivity contribution in [1.29, 1.82) is 0 Å². The van der Waals surface area contributed by atoms with Crippen LogP contribution in [0.1, 0.15) is 22.3 Å². The quantitative estimate of drug-likeness (QED) is 0.292. The maximum atomic E-state index is 5.84. The number of nitrogens with zero attached hydrogens (tertiary/aromatic N) is 4. The van der Waals surface area contributed by atoms with Crippen molar-refractivity contribution < 1.29 is 4.74 Å². The lowest BCUT2D eigenvalue weighted by Gasteiger charge is -2.06. The molecule has 5 aromatic rings. The van der Waals surface area contributed by atoms with E-state index in [2.05, 4.69) is 67.9 Å². The second-order valence-electron chi connectivity index (χ2n) is 7.72. The molecule has 0 bridgehead atoms. The molecule has 0 fully saturated rings. The summed E-state index contributed by atoms with van der Waals surface area (Å²) in [6.07, 6.45) is 1.70. The molecule has 0 amide bonds. The fourth-order valence-corrected chi connectivity index (χ4v) is 3.40. The Balaban J connectivity index is 1.22. The van der Waals surface area contributed by atoms with Gasteiger partial charge in [0.15, 0.2) is 5.65 Å². The van der Waals surface area contributed by atoms with Crippen molar-refractivity contribution in [2.45, 2.75) is 20.5 Å². The number of ether oxygens (including phenoxy) is 1. The van der Waals surface area contributed by atoms with Gasteiger partial charge in [-0.3, -0.25) is 0 Å². The second kappa shape index (κ2) is 8.47. The summed E-state index contributed by atoms with van der Waals surface area (Å²) in [5.41, 5.74) is 9.72. The van der Waals surface area contributed by atoms with Crippen LogP contribution in [0.4, 0.5) is 5.95 Å². The van der Waals surface area contributed by atoms with E-state index in [1.165, 1.54) is 11.1 Å². The zero-order chi connectivity index (χ0) is 21.9. The van der Waals surface area contributed by atoms with E-state index in [1.54, 1.807) is 6.21 Å². The van der Waals surface area contributed by atoms with E-state index in [-0.39, 0.29) is 0 Å². The molecule has 158 valence electrons. The Labute approximate surface area is 185 Å². The van der Waals surface area contributed by atoms with E-state index in [9.17, 15) is 0 Å². The molecule has 0 spiro atoms. The Morgan fingerprint density at radius 2 is 1.72 bits per heavy atom. The average Bonchev–Trinajstić information content (AvgIpc) is 3.16. The highest BCUT2D eigenvalue weighted by Crippen LogP contribution is 2.23. The van der Waals surface area contributed by atoms with Gasteiger partial charge in [0.05, 0.1) is 6.21 Å². The molecule has 3 aromatic carbocycles. The van der Waals surface area contributed by atoms with E-state index < -0.39 is 0 Å². The summed E-state index contributed by atoms with van der Waals surface area (Å²) >= 11 is 0. The Hall–Kier alpha value is -4.26. The minimum atomic E-state index is 0.329. The molecule has 7 heteroatoms. The second-order valence-corrected chi connectivity index (χ2v) is 7.72. The number of benzene rings is 3. The van der Waals surface area contributed by atoms with Gasteiger partial charge < -0.3 is 9.72 Å². The molecule has 32 heavy (non-hydrogen) atoms. The molecule has 2 aromatic heterocycles. The first-order valence-corrected chi connectivity index (χ1v) is 10.3. The number of rotatable bonds is 6. The summed E-state index contributed by atoms with van der Waals surface area (Å²) in [5.74, 6) is 1.14. The van der Waals surface area contributed by atoms with Crippen LogP contribution in [-0.4, -0.2) is 26.4 Å². The van der Waals surface area contributed by atoms with Gasteiger partial charge in [-0.15, -0.1) is 10.2 Å². The van der Waals surface area contributed by atoms with Crippen LogP contribution < -0.4 is 10.2 Å². The van der Waals surface area contributed by atoms with E-state index in [4.69, 9.17) is 4.74 Å². The lowest BCUT2D eigenvalue weighted by Crippen LogP contribution is -1.99. The molecular formula is C25H22N6O. The zero-order valence-corrected chi connectivity index (χ0v) is 17.8. The predicted octanol–water partition coefficient (Wildman–Crippen LogP) is 5.15. The molecule has 7 nitrogen and oxygen atoms in total. The Morgan fingerprint density at radius 3 is 2.53 bits per heavy atom. The van der Waals surface area contributed by atoms with Gasteiger partial charge in [-0.05, 0) is 61.4 Å². The third kappa shape index (κ3) is 4.27. The lowest BCUT2D eigenvalue weighted by molar-refractivity contribution is 0.306. The van der Waals surface area contributed by atoms with Gasteiger partial charge in [0.25, 0.3) is 5.95 Å². The largest absolute Gasteiger partial charge is 0.489 e. The van der Waals surface area contributed by atoms with Crippen LogP contribution in [0.5, 0.6) is 5.75 Å². The highest BCUT2D eigenvalue weighted by molar-refractivity contribution is 6.03. The molecule has 0 saturated carbocycles. The van der Waals surface area contributed by atoms with Crippen LogP contribution in [0.25, 0.3) is 22.1 Å². The molecule has 0 aliphatic heterocycles. The van der Waals surface area contributed by atoms with Crippen molar-refractivity contribution in [1.82, 2.24) is 20.2 Å². The molecule has 5 rings (SSSR count). The molecule has 0 radical (unpaired) electrons. The van der Waals surface area contributed by atoms with Crippen LogP contribution in [0.15, 0.2) is 71.8 Å². The minimum Gasteiger partial charge on any atom is -0.489 e. The normalized spacial score (nSPS) is 11.4. The van der Waals surface area contributed by atoms with Crippen molar-refractivity contribution in [3.63, 3.8) is 0 Å². The van der Waals surface area contributed by atoms with Gasteiger partial charge in [0.2, 0.25) is 0 Å². The summed E-state index contributed by atoms with van der Waals surface area (Å²) in [6, 6.07) is 22.2. The standard InChI is InChI=1S/C25H22N6O/c1-16-3-6-19(7-4-16)15-32-20-10-8-18(9-11-20)14-26-30-25-28-24-23(29-31-25)21-13-17(2)5-12-22(21)27-24/h3-14H,15H2,1-2H3,(H2,27,28,30,31)/b26-14+. The van der Waals surface area contributed by atoms with Crippen LogP contribution in [-0.2, 0) is 6.61 Å². The molecule has 0 atom stereocenters. The van der Waals surface area contributed by atoms with Crippen molar-refractivity contribution in [3.05, 3.63) is 89.0 Å². The number of anilines is 1. The molecule has 2 heterocycles. The van der Waals surface area contributed by atoms with Crippen molar-refractivity contribution in [2.75, 3.05) is 5.43 Å². The third-order valence-corrected chi connectivity index (χ3v) is 5.15. The molecular weight excluding hydrogens is 400 g/mol. The Bertz CT molecular complexity index is 1400. The zero-order valence-electron chi connectivity index (χ0n) is 17.8. The molecule has 0 unspecified atom stereocenters. The summed E-state index contributed by atoms with van der Waals surface area (Å²) < 4.78 is 5.84. The fourth-order valence-electron chi connectivity index (χ4n) is 3.40. The fraction of sp³-hybridized carbons (Fsp3) is 0.120. The number of aromatic nitrogens is 4. The minimum absolute atomic E-state index is 0.329. The van der Waals surface area contributed by atoms with Crippen LogP contribution in [0.3, 0.4) is 0 Å². The van der Waals surface area contributed by atoms with Gasteiger partial charge in [-0.1, -0.05) is 41.5 Å². The first-order chi connectivity index (χ1) is 15.6. The summed E-state index contributed by atoms with van der Waals surface area (Å²) in [7, 11) is 0. The van der Waals surface area contributed by atoms with Gasteiger partial charge in [0, 0.05) is 10.9 Å². The first kappa shape index (κ1) is 19.7. The van der Waals surface area contributed by atoms with Crippen molar-refractivity contribution in [2.24, 2.45) is 5.10 Å². The van der Waals surface area contributed by atoms with Gasteiger partial charge >= 0.3 is 0 Å². The molecule has 2 N–H and O–H groups in total. The summed E-state index contributed by atoms with van der Waals surface area (Å²) in [6.45, 7) is 4.66. The number of H-pyrrole nitrogens is 1. The maximum Gasteiger partial charge on any atom is 0.265 e. The van der Waals surface area contributed by atoms with Gasteiger partial charge in [0.1, 0.15) is 17.9 Å².